The number of carbonyl (C=O) groups excluding carboxylic acids is 2. The number of nitrogens with zero attached hydrogens (tertiary/aromatic N) is 1. The van der Waals surface area contributed by atoms with Crippen LogP contribution < -0.4 is 10.6 Å². The highest BCUT2D eigenvalue weighted by molar-refractivity contribution is 6.36. The summed E-state index contributed by atoms with van der Waals surface area (Å²) in [7, 11) is 0. The Kier molecular flexibility index (Phi) is 5.50. The normalized spacial score (nSPS) is 12.8. The molecule has 8 heteroatoms. The SMILES string of the molecule is O=C1NC(=O)c2c1c(-c1ccccc1Cl)cc1c2c2cc(O)ccc2n1CCCNc1ccc(O)cc1. The van der Waals surface area contributed by atoms with E-state index in [2.05, 4.69) is 15.2 Å². The number of aromatic nitrogens is 1. The predicted octanol–water partition coefficient (Wildman–Crippen LogP) is 5.91. The van der Waals surface area contributed by atoms with Gasteiger partial charge < -0.3 is 20.1 Å². The van der Waals surface area contributed by atoms with Crippen molar-refractivity contribution in [1.29, 1.82) is 0 Å². The molecule has 4 aromatic carbocycles. The molecule has 7 nitrogen and oxygen atoms in total. The Morgan fingerprint density at radius 2 is 1.54 bits per heavy atom. The minimum Gasteiger partial charge on any atom is -0.508 e. The number of aryl methyl sites for hydroxylation is 1. The lowest BCUT2D eigenvalue weighted by Gasteiger charge is -2.13. The van der Waals surface area contributed by atoms with Crippen LogP contribution in [0.1, 0.15) is 27.1 Å². The third-order valence-corrected chi connectivity index (χ3v) is 7.07. The molecule has 184 valence electrons. The summed E-state index contributed by atoms with van der Waals surface area (Å²) in [4.78, 5) is 26.0. The number of nitrogens with one attached hydrogen (secondary N) is 2. The number of hydrogen-bond donors (Lipinski definition) is 4. The summed E-state index contributed by atoms with van der Waals surface area (Å²) >= 11 is 6.52. The fourth-order valence-electron chi connectivity index (χ4n) is 5.12. The van der Waals surface area contributed by atoms with E-state index in [0.717, 1.165) is 23.1 Å². The van der Waals surface area contributed by atoms with Gasteiger partial charge in [0.15, 0.2) is 0 Å². The molecule has 1 aliphatic heterocycles. The zero-order chi connectivity index (χ0) is 25.7. The lowest BCUT2D eigenvalue weighted by Crippen LogP contribution is -2.20. The summed E-state index contributed by atoms with van der Waals surface area (Å²) in [6.07, 6.45) is 0.754. The Balaban J connectivity index is 1.51. The number of amides is 2. The maximum atomic E-state index is 13.1. The molecule has 0 radical (unpaired) electrons. The van der Waals surface area contributed by atoms with Crippen molar-refractivity contribution >= 4 is 50.9 Å². The van der Waals surface area contributed by atoms with Crippen LogP contribution in [0, 0.1) is 0 Å². The van der Waals surface area contributed by atoms with Crippen LogP contribution in [-0.4, -0.2) is 33.1 Å². The van der Waals surface area contributed by atoms with Crippen LogP contribution in [0.2, 0.25) is 5.02 Å². The second kappa shape index (κ2) is 8.87. The van der Waals surface area contributed by atoms with Crippen LogP contribution in [0.5, 0.6) is 11.5 Å². The number of imide groups is 1. The van der Waals surface area contributed by atoms with Crippen molar-refractivity contribution in [3.8, 4) is 22.6 Å². The molecule has 2 amide bonds. The van der Waals surface area contributed by atoms with E-state index in [1.165, 1.54) is 0 Å². The molecule has 4 N–H and O–H groups in total. The predicted molar refractivity (Wildman–Crippen MR) is 145 cm³/mol. The number of aromatic hydroxyl groups is 2. The van der Waals surface area contributed by atoms with Crippen LogP contribution in [-0.2, 0) is 6.54 Å². The molecule has 37 heavy (non-hydrogen) atoms. The van der Waals surface area contributed by atoms with Gasteiger partial charge in [-0.3, -0.25) is 14.9 Å². The van der Waals surface area contributed by atoms with Crippen LogP contribution in [0.4, 0.5) is 5.69 Å². The number of anilines is 1. The number of benzene rings is 4. The highest BCUT2D eigenvalue weighted by Gasteiger charge is 2.34. The molecule has 0 fully saturated rings. The van der Waals surface area contributed by atoms with Crippen LogP contribution in [0.25, 0.3) is 32.9 Å². The summed E-state index contributed by atoms with van der Waals surface area (Å²) in [5, 5.41) is 27.4. The molecule has 5 aromatic rings. The van der Waals surface area contributed by atoms with E-state index in [1.54, 1.807) is 30.3 Å². The maximum absolute atomic E-state index is 13.1. The van der Waals surface area contributed by atoms with Crippen LogP contribution in [0.15, 0.2) is 72.8 Å². The molecule has 0 saturated heterocycles. The van der Waals surface area contributed by atoms with Crippen molar-refractivity contribution in [2.45, 2.75) is 13.0 Å². The molecular formula is C29H22ClN3O4. The number of rotatable bonds is 6. The minimum absolute atomic E-state index is 0.0780. The van der Waals surface area contributed by atoms with E-state index in [-0.39, 0.29) is 11.5 Å². The summed E-state index contributed by atoms with van der Waals surface area (Å²) in [6.45, 7) is 1.29. The van der Waals surface area contributed by atoms with Crippen molar-refractivity contribution in [2.75, 3.05) is 11.9 Å². The minimum atomic E-state index is -0.463. The fourth-order valence-corrected chi connectivity index (χ4v) is 5.35. The maximum Gasteiger partial charge on any atom is 0.259 e. The first-order valence-corrected chi connectivity index (χ1v) is 12.3. The first-order valence-electron chi connectivity index (χ1n) is 11.9. The second-order valence-corrected chi connectivity index (χ2v) is 9.42. The van der Waals surface area contributed by atoms with Gasteiger partial charge in [0.05, 0.1) is 16.6 Å². The smallest absolute Gasteiger partial charge is 0.259 e. The Morgan fingerprint density at radius 1 is 0.811 bits per heavy atom. The van der Waals surface area contributed by atoms with Gasteiger partial charge in [0.2, 0.25) is 0 Å². The average molecular weight is 512 g/mol. The summed E-state index contributed by atoms with van der Waals surface area (Å²) in [6, 6.07) is 21.1. The number of fused-ring (bicyclic) bond motifs is 5. The third-order valence-electron chi connectivity index (χ3n) is 6.74. The third kappa shape index (κ3) is 3.84. The Morgan fingerprint density at radius 3 is 2.32 bits per heavy atom. The van der Waals surface area contributed by atoms with Gasteiger partial charge in [-0.15, -0.1) is 0 Å². The van der Waals surface area contributed by atoms with E-state index in [4.69, 9.17) is 11.6 Å². The monoisotopic (exact) mass is 511 g/mol. The van der Waals surface area contributed by atoms with Gasteiger partial charge in [-0.2, -0.15) is 0 Å². The second-order valence-electron chi connectivity index (χ2n) is 9.01. The van der Waals surface area contributed by atoms with Gasteiger partial charge >= 0.3 is 0 Å². The van der Waals surface area contributed by atoms with Gasteiger partial charge in [-0.1, -0.05) is 29.8 Å². The van der Waals surface area contributed by atoms with Gasteiger partial charge in [0.25, 0.3) is 11.8 Å². The first kappa shape index (κ1) is 22.9. The zero-order valence-electron chi connectivity index (χ0n) is 19.6. The molecule has 0 unspecified atom stereocenters. The molecule has 0 bridgehead atoms. The zero-order valence-corrected chi connectivity index (χ0v) is 20.3. The fraction of sp³-hybridized carbons (Fsp3) is 0.103. The highest BCUT2D eigenvalue weighted by Crippen LogP contribution is 2.42. The number of phenolic OH excluding ortho intramolecular Hbond substituents is 2. The lowest BCUT2D eigenvalue weighted by molar-refractivity contribution is 0.0880. The quantitative estimate of drug-likeness (QED) is 0.129. The number of phenols is 2. The highest BCUT2D eigenvalue weighted by atomic mass is 35.5. The summed E-state index contributed by atoms with van der Waals surface area (Å²) in [5.41, 5.74) is 4.38. The van der Waals surface area contributed by atoms with E-state index < -0.39 is 11.8 Å². The number of hydrogen-bond acceptors (Lipinski definition) is 5. The van der Waals surface area contributed by atoms with E-state index in [1.807, 2.05) is 42.5 Å². The van der Waals surface area contributed by atoms with E-state index in [0.29, 0.717) is 51.1 Å². The van der Waals surface area contributed by atoms with Crippen molar-refractivity contribution in [2.24, 2.45) is 0 Å². The largest absolute Gasteiger partial charge is 0.508 e. The number of halogens is 1. The van der Waals surface area contributed by atoms with E-state index in [9.17, 15) is 19.8 Å². The molecule has 0 atom stereocenters. The summed E-state index contributed by atoms with van der Waals surface area (Å²) in [5.74, 6) is -0.635. The molecule has 6 rings (SSSR count). The molecule has 2 heterocycles. The molecule has 1 aliphatic rings. The molecule has 0 spiro atoms. The van der Waals surface area contributed by atoms with Gasteiger partial charge in [0.1, 0.15) is 11.5 Å². The number of carbonyl (C=O) groups is 2. The topological polar surface area (TPSA) is 104 Å². The van der Waals surface area contributed by atoms with E-state index >= 15 is 0 Å². The molecule has 1 aromatic heterocycles. The Bertz CT molecular complexity index is 1720. The summed E-state index contributed by atoms with van der Waals surface area (Å²) < 4.78 is 2.11. The molecule has 0 aliphatic carbocycles. The van der Waals surface area contributed by atoms with Crippen LogP contribution in [0.3, 0.4) is 0 Å². The van der Waals surface area contributed by atoms with Crippen molar-refractivity contribution in [3.63, 3.8) is 0 Å². The molecule has 0 saturated carbocycles. The lowest BCUT2D eigenvalue weighted by atomic mass is 9.93. The Hall–Kier alpha value is -4.49. The molecular weight excluding hydrogens is 490 g/mol. The standard InChI is InChI=1S/C29H22ClN3O4/c30-22-5-2-1-4-19(22)20-15-24-25(27-26(20)28(36)32-29(27)37)21-14-18(35)10-11-23(21)33(24)13-3-12-31-16-6-8-17(34)9-7-16/h1-2,4-11,14-15,31,34-35H,3,12-13H2,(H,32,36,37). The average Bonchev–Trinajstić information content (AvgIpc) is 3.35. The van der Waals surface area contributed by atoms with Crippen molar-refractivity contribution in [3.05, 3.63) is 88.9 Å². The Labute approximate surface area is 216 Å². The van der Waals surface area contributed by atoms with Gasteiger partial charge in [-0.05, 0) is 66.6 Å². The first-order chi connectivity index (χ1) is 17.9. The van der Waals surface area contributed by atoms with Crippen LogP contribution >= 0.6 is 11.6 Å². The van der Waals surface area contributed by atoms with Gasteiger partial charge in [0, 0.05) is 45.7 Å². The van der Waals surface area contributed by atoms with Crippen molar-refractivity contribution < 1.29 is 19.8 Å². The van der Waals surface area contributed by atoms with Gasteiger partial charge in [-0.25, -0.2) is 0 Å². The van der Waals surface area contributed by atoms with Crippen molar-refractivity contribution in [1.82, 2.24) is 9.88 Å².